The third-order valence-electron chi connectivity index (χ3n) is 2.39. The van der Waals surface area contributed by atoms with Gasteiger partial charge in [-0.05, 0) is 18.8 Å². The zero-order chi connectivity index (χ0) is 7.84. The molecule has 3 heteroatoms. The highest BCUT2D eigenvalue weighted by molar-refractivity contribution is 8.04. The Bertz CT molecular complexity index is 224. The van der Waals surface area contributed by atoms with E-state index in [1.54, 1.807) is 11.8 Å². The number of carbonyl (C=O) groups excluding carboxylic acids is 1. The highest BCUT2D eigenvalue weighted by Crippen LogP contribution is 2.45. The molecule has 0 aromatic heterocycles. The van der Waals surface area contributed by atoms with Gasteiger partial charge in [0, 0.05) is 5.25 Å². The molecule has 2 N–H and O–H groups in total. The van der Waals surface area contributed by atoms with Crippen LogP contribution in [0.15, 0.2) is 11.0 Å². The summed E-state index contributed by atoms with van der Waals surface area (Å²) in [5, 5.41) is 0.664. The van der Waals surface area contributed by atoms with Crippen LogP contribution in [0.3, 0.4) is 0 Å². The van der Waals surface area contributed by atoms with E-state index in [0.717, 1.165) is 4.91 Å². The number of amides is 1. The number of hydrogen-bond acceptors (Lipinski definition) is 2. The van der Waals surface area contributed by atoms with Crippen molar-refractivity contribution in [1.82, 2.24) is 0 Å². The molecule has 2 aliphatic rings. The lowest BCUT2D eigenvalue weighted by Crippen LogP contribution is -2.10. The fraction of sp³-hybridized carbons (Fsp3) is 0.625. The van der Waals surface area contributed by atoms with E-state index < -0.39 is 0 Å². The molecular formula is C8H11NOS. The van der Waals surface area contributed by atoms with Crippen LogP contribution in [0, 0.1) is 5.92 Å². The van der Waals surface area contributed by atoms with Gasteiger partial charge in [0.25, 0.3) is 5.91 Å². The van der Waals surface area contributed by atoms with E-state index in [9.17, 15) is 4.79 Å². The van der Waals surface area contributed by atoms with Crippen LogP contribution in [0.5, 0.6) is 0 Å². The molecule has 0 spiro atoms. The Balaban J connectivity index is 2.13. The first kappa shape index (κ1) is 7.22. The number of allylic oxidation sites excluding steroid dienone is 1. The summed E-state index contributed by atoms with van der Waals surface area (Å²) in [6.45, 7) is 0. The zero-order valence-corrected chi connectivity index (χ0v) is 7.06. The van der Waals surface area contributed by atoms with Gasteiger partial charge in [-0.15, -0.1) is 11.8 Å². The summed E-state index contributed by atoms with van der Waals surface area (Å²) in [6.07, 6.45) is 5.87. The Hall–Kier alpha value is -0.440. The van der Waals surface area contributed by atoms with Crippen LogP contribution in [-0.2, 0) is 4.79 Å². The maximum atomic E-state index is 10.8. The van der Waals surface area contributed by atoms with Gasteiger partial charge in [-0.25, -0.2) is 0 Å². The van der Waals surface area contributed by atoms with E-state index in [4.69, 9.17) is 5.73 Å². The van der Waals surface area contributed by atoms with Gasteiger partial charge >= 0.3 is 0 Å². The maximum absolute atomic E-state index is 10.8. The lowest BCUT2D eigenvalue weighted by molar-refractivity contribution is -0.113. The molecule has 0 aromatic rings. The molecule has 60 valence electrons. The summed E-state index contributed by atoms with van der Waals surface area (Å²) >= 11 is 1.68. The lowest BCUT2D eigenvalue weighted by Gasteiger charge is -2.04. The molecule has 1 fully saturated rings. The third kappa shape index (κ3) is 1.18. The SMILES string of the molecule is NC(=O)C1=CC2CCCC2S1. The second kappa shape index (κ2) is 2.55. The van der Waals surface area contributed by atoms with Crippen molar-refractivity contribution in [3.63, 3.8) is 0 Å². The molecule has 2 atom stereocenters. The summed E-state index contributed by atoms with van der Waals surface area (Å²) < 4.78 is 0. The topological polar surface area (TPSA) is 43.1 Å². The molecular weight excluding hydrogens is 158 g/mol. The Morgan fingerprint density at radius 3 is 3.09 bits per heavy atom. The second-order valence-electron chi connectivity index (χ2n) is 3.15. The van der Waals surface area contributed by atoms with Crippen molar-refractivity contribution in [2.45, 2.75) is 24.5 Å². The molecule has 2 unspecified atom stereocenters. The predicted octanol–water partition coefficient (Wildman–Crippen LogP) is 1.27. The van der Waals surface area contributed by atoms with Gasteiger partial charge in [-0.1, -0.05) is 12.5 Å². The molecule has 1 heterocycles. The van der Waals surface area contributed by atoms with E-state index in [-0.39, 0.29) is 5.91 Å². The first-order valence-corrected chi connectivity index (χ1v) is 4.83. The molecule has 0 bridgehead atoms. The molecule has 0 saturated heterocycles. The first-order chi connectivity index (χ1) is 5.27. The van der Waals surface area contributed by atoms with Crippen LogP contribution in [0.25, 0.3) is 0 Å². The van der Waals surface area contributed by atoms with Crippen LogP contribution in [0.4, 0.5) is 0 Å². The molecule has 1 aliphatic carbocycles. The predicted molar refractivity (Wildman–Crippen MR) is 46.0 cm³/mol. The van der Waals surface area contributed by atoms with Gasteiger partial charge in [0.1, 0.15) is 0 Å². The van der Waals surface area contributed by atoms with E-state index in [1.165, 1.54) is 19.3 Å². The van der Waals surface area contributed by atoms with Crippen molar-refractivity contribution < 1.29 is 4.79 Å². The van der Waals surface area contributed by atoms with Gasteiger partial charge in [0.05, 0.1) is 4.91 Å². The number of carbonyl (C=O) groups is 1. The third-order valence-corrected chi connectivity index (χ3v) is 3.87. The summed E-state index contributed by atoms with van der Waals surface area (Å²) in [4.78, 5) is 11.6. The highest BCUT2D eigenvalue weighted by Gasteiger charge is 2.33. The Morgan fingerprint density at radius 1 is 1.64 bits per heavy atom. The van der Waals surface area contributed by atoms with Crippen molar-refractivity contribution in [3.05, 3.63) is 11.0 Å². The Labute approximate surface area is 70.2 Å². The summed E-state index contributed by atoms with van der Waals surface area (Å²) in [7, 11) is 0. The van der Waals surface area contributed by atoms with Gasteiger partial charge in [0.2, 0.25) is 0 Å². The Kier molecular flexibility index (Phi) is 1.68. The van der Waals surface area contributed by atoms with E-state index in [1.807, 2.05) is 0 Å². The number of fused-ring (bicyclic) bond motifs is 1. The van der Waals surface area contributed by atoms with E-state index >= 15 is 0 Å². The summed E-state index contributed by atoms with van der Waals surface area (Å²) in [5.41, 5.74) is 5.17. The number of hydrogen-bond donors (Lipinski definition) is 1. The quantitative estimate of drug-likeness (QED) is 0.642. The van der Waals surface area contributed by atoms with Crippen molar-refractivity contribution >= 4 is 17.7 Å². The molecule has 0 radical (unpaired) electrons. The van der Waals surface area contributed by atoms with Crippen LogP contribution in [0.2, 0.25) is 0 Å². The average molecular weight is 169 g/mol. The van der Waals surface area contributed by atoms with E-state index in [2.05, 4.69) is 6.08 Å². The minimum Gasteiger partial charge on any atom is -0.365 e. The van der Waals surface area contributed by atoms with Crippen LogP contribution >= 0.6 is 11.8 Å². The summed E-state index contributed by atoms with van der Waals surface area (Å²) in [6, 6.07) is 0. The molecule has 2 rings (SSSR count). The fourth-order valence-electron chi connectivity index (χ4n) is 1.83. The molecule has 11 heavy (non-hydrogen) atoms. The highest BCUT2D eigenvalue weighted by atomic mass is 32.2. The monoisotopic (exact) mass is 169 g/mol. The number of rotatable bonds is 1. The zero-order valence-electron chi connectivity index (χ0n) is 6.25. The van der Waals surface area contributed by atoms with Crippen molar-refractivity contribution in [2.75, 3.05) is 0 Å². The molecule has 0 aromatic carbocycles. The van der Waals surface area contributed by atoms with Crippen LogP contribution < -0.4 is 5.73 Å². The fourth-order valence-corrected chi connectivity index (χ4v) is 3.20. The molecule has 1 aliphatic heterocycles. The number of thioether (sulfide) groups is 1. The second-order valence-corrected chi connectivity index (χ2v) is 4.43. The Morgan fingerprint density at radius 2 is 2.45 bits per heavy atom. The summed E-state index contributed by atoms with van der Waals surface area (Å²) in [5.74, 6) is 0.395. The lowest BCUT2D eigenvalue weighted by atomic mass is 10.1. The van der Waals surface area contributed by atoms with Gasteiger partial charge in [-0.3, -0.25) is 4.79 Å². The van der Waals surface area contributed by atoms with Crippen molar-refractivity contribution in [2.24, 2.45) is 11.7 Å². The molecule has 1 amide bonds. The normalized spacial score (nSPS) is 35.1. The van der Waals surface area contributed by atoms with E-state index in [0.29, 0.717) is 11.2 Å². The smallest absolute Gasteiger partial charge is 0.254 e. The first-order valence-electron chi connectivity index (χ1n) is 3.95. The molecule has 2 nitrogen and oxygen atoms in total. The minimum atomic E-state index is -0.246. The minimum absolute atomic E-state index is 0.246. The van der Waals surface area contributed by atoms with Crippen molar-refractivity contribution in [3.8, 4) is 0 Å². The van der Waals surface area contributed by atoms with Crippen LogP contribution in [-0.4, -0.2) is 11.2 Å². The van der Waals surface area contributed by atoms with Crippen molar-refractivity contribution in [1.29, 1.82) is 0 Å². The number of primary amides is 1. The maximum Gasteiger partial charge on any atom is 0.254 e. The largest absolute Gasteiger partial charge is 0.365 e. The van der Waals surface area contributed by atoms with Gasteiger partial charge in [0.15, 0.2) is 0 Å². The van der Waals surface area contributed by atoms with Gasteiger partial charge in [-0.2, -0.15) is 0 Å². The van der Waals surface area contributed by atoms with Gasteiger partial charge < -0.3 is 5.73 Å². The standard InChI is InChI=1S/C8H11NOS/c9-8(10)7-4-5-2-1-3-6(5)11-7/h4-6H,1-3H2,(H2,9,10). The molecule has 1 saturated carbocycles. The average Bonchev–Trinajstić information content (AvgIpc) is 2.40. The number of nitrogens with two attached hydrogens (primary N) is 1. The van der Waals surface area contributed by atoms with Crippen LogP contribution in [0.1, 0.15) is 19.3 Å².